The molecule has 2 aromatic heterocycles. The van der Waals surface area contributed by atoms with Crippen molar-refractivity contribution in [3.05, 3.63) is 52.4 Å². The van der Waals surface area contributed by atoms with Crippen LogP contribution in [-0.2, 0) is 21.7 Å². The zero-order valence-electron chi connectivity index (χ0n) is 28.5. The summed E-state index contributed by atoms with van der Waals surface area (Å²) in [6.45, 7) is 28.0. The number of hydrogen-bond donors (Lipinski definition) is 1. The molecular formula is C36H52N4O2S. The van der Waals surface area contributed by atoms with Crippen molar-refractivity contribution >= 4 is 40.2 Å². The second-order valence-corrected chi connectivity index (χ2v) is 16.1. The van der Waals surface area contributed by atoms with Gasteiger partial charge in [-0.15, -0.1) is 0 Å². The lowest BCUT2D eigenvalue weighted by atomic mass is 9.76. The molecule has 0 amide bonds. The smallest absolute Gasteiger partial charge is 0.310 e. The van der Waals surface area contributed by atoms with E-state index in [1.165, 1.54) is 22.3 Å². The molecule has 0 aliphatic carbocycles. The Morgan fingerprint density at radius 2 is 1.16 bits per heavy atom. The van der Waals surface area contributed by atoms with E-state index < -0.39 is 0 Å². The normalized spacial score (nSPS) is 17.1. The second kappa shape index (κ2) is 11.1. The molecule has 5 rings (SSSR count). The summed E-state index contributed by atoms with van der Waals surface area (Å²) in [7, 11) is 0. The first-order chi connectivity index (χ1) is 20.1. The van der Waals surface area contributed by atoms with E-state index in [4.69, 9.17) is 18.8 Å². The van der Waals surface area contributed by atoms with E-state index in [9.17, 15) is 0 Å². The minimum absolute atomic E-state index is 0.0233. The number of anilines is 1. The number of fused-ring (bicyclic) bond motifs is 2. The number of hydrogen-bond acceptors (Lipinski definition) is 7. The lowest BCUT2D eigenvalue weighted by Crippen LogP contribution is -2.20. The maximum absolute atomic E-state index is 6.59. The molecule has 1 unspecified atom stereocenters. The van der Waals surface area contributed by atoms with Crippen molar-refractivity contribution in [1.29, 1.82) is 0 Å². The van der Waals surface area contributed by atoms with Crippen molar-refractivity contribution in [3.63, 3.8) is 0 Å². The fraction of sp³-hybridized carbons (Fsp3) is 0.611. The number of rotatable bonds is 10. The van der Waals surface area contributed by atoms with Crippen molar-refractivity contribution in [2.24, 2.45) is 0 Å². The zero-order chi connectivity index (χ0) is 31.5. The molecule has 1 N–H and O–H groups in total. The van der Waals surface area contributed by atoms with Gasteiger partial charge in [-0.3, -0.25) is 9.62 Å². The molecule has 2 aromatic carbocycles. The molecule has 3 heterocycles. The molecule has 0 saturated carbocycles. The molecular weight excluding hydrogens is 552 g/mol. The molecule has 0 bridgehead atoms. The van der Waals surface area contributed by atoms with Gasteiger partial charge in [0.25, 0.3) is 0 Å². The van der Waals surface area contributed by atoms with Crippen molar-refractivity contribution in [3.8, 4) is 0 Å². The predicted molar refractivity (Wildman–Crippen MR) is 182 cm³/mol. The highest BCUT2D eigenvalue weighted by molar-refractivity contribution is 8.01. The maximum atomic E-state index is 6.59. The summed E-state index contributed by atoms with van der Waals surface area (Å²) in [4.78, 5) is 10.1. The third-order valence-electron chi connectivity index (χ3n) is 10.6. The van der Waals surface area contributed by atoms with E-state index in [-0.39, 0.29) is 27.0 Å². The monoisotopic (exact) mass is 604 g/mol. The van der Waals surface area contributed by atoms with Crippen LogP contribution in [0.25, 0.3) is 22.2 Å². The highest BCUT2D eigenvalue weighted by Crippen LogP contribution is 2.44. The van der Waals surface area contributed by atoms with Crippen LogP contribution in [0, 0.1) is 0 Å². The van der Waals surface area contributed by atoms with Crippen molar-refractivity contribution in [2.45, 2.75) is 136 Å². The molecule has 1 aliphatic rings. The Hall–Kier alpha value is -2.51. The molecule has 1 fully saturated rings. The van der Waals surface area contributed by atoms with Gasteiger partial charge < -0.3 is 8.83 Å². The van der Waals surface area contributed by atoms with Gasteiger partial charge >= 0.3 is 6.01 Å². The lowest BCUT2D eigenvalue weighted by molar-refractivity contribution is 0.467. The van der Waals surface area contributed by atoms with Crippen LogP contribution in [0.4, 0.5) is 6.01 Å². The Morgan fingerprint density at radius 1 is 0.698 bits per heavy atom. The zero-order valence-corrected chi connectivity index (χ0v) is 29.3. The van der Waals surface area contributed by atoms with Gasteiger partial charge in [-0.1, -0.05) is 95.2 Å². The van der Waals surface area contributed by atoms with Gasteiger partial charge in [0.1, 0.15) is 11.0 Å². The van der Waals surface area contributed by atoms with Crippen LogP contribution in [0.1, 0.15) is 142 Å². The Labute approximate surface area is 262 Å². The summed E-state index contributed by atoms with van der Waals surface area (Å²) in [5.41, 5.74) is 8.82. The van der Waals surface area contributed by atoms with E-state index >= 15 is 0 Å². The number of benzene rings is 2. The summed E-state index contributed by atoms with van der Waals surface area (Å²) < 4.78 is 15.2. The summed E-state index contributed by atoms with van der Waals surface area (Å²) in [5, 5.41) is 3.45. The number of nitrogens with zero attached hydrogens (tertiary/aromatic N) is 3. The van der Waals surface area contributed by atoms with Crippen LogP contribution in [-0.4, -0.2) is 16.6 Å². The first-order valence-electron chi connectivity index (χ1n) is 16.2. The quantitative estimate of drug-likeness (QED) is 0.181. The highest BCUT2D eigenvalue weighted by atomic mass is 32.2. The minimum Gasteiger partial charge on any atom is -0.438 e. The van der Waals surface area contributed by atoms with Crippen LogP contribution in [0.2, 0.25) is 0 Å². The Morgan fingerprint density at radius 3 is 1.65 bits per heavy atom. The fourth-order valence-electron chi connectivity index (χ4n) is 5.48. The maximum Gasteiger partial charge on any atom is 0.310 e. The first kappa shape index (κ1) is 31.9. The van der Waals surface area contributed by atoms with E-state index in [2.05, 4.69) is 117 Å². The SMILES string of the molecule is CCC(C)(C)c1cc(C(C)(C)CC)c2oc(C3NCN(c4nc5cc(C(C)(C)CC)cc(C(C)(C)CC)c5o4)S3)nc2c1. The Kier molecular flexibility index (Phi) is 8.26. The molecule has 1 atom stereocenters. The van der Waals surface area contributed by atoms with Crippen molar-refractivity contribution in [1.82, 2.24) is 15.3 Å². The van der Waals surface area contributed by atoms with Gasteiger partial charge in [0.15, 0.2) is 16.5 Å². The van der Waals surface area contributed by atoms with Gasteiger partial charge in [0.05, 0.1) is 6.67 Å². The molecule has 1 aliphatic heterocycles. The standard InChI is InChI=1S/C36H52N4O2S/c1-13-33(5,6)22-17-24(35(9,10)15-3)28-26(19-22)38-30(41-28)31-37-21-40(43-31)32-39-27-20-23(34(7,8)14-2)18-25(29(27)42-32)36(11,12)16-4/h17-20,31,37H,13-16,21H2,1-12H3. The van der Waals surface area contributed by atoms with Crippen LogP contribution >= 0.6 is 11.9 Å². The third kappa shape index (κ3) is 5.72. The van der Waals surface area contributed by atoms with Crippen LogP contribution < -0.4 is 9.62 Å². The molecule has 43 heavy (non-hydrogen) atoms. The van der Waals surface area contributed by atoms with E-state index in [1.807, 2.05) is 0 Å². The highest BCUT2D eigenvalue weighted by Gasteiger charge is 2.35. The van der Waals surface area contributed by atoms with E-state index in [0.29, 0.717) is 18.6 Å². The molecule has 1 saturated heterocycles. The molecule has 4 aromatic rings. The molecule has 0 spiro atoms. The van der Waals surface area contributed by atoms with Gasteiger partial charge in [0, 0.05) is 11.1 Å². The van der Waals surface area contributed by atoms with Crippen molar-refractivity contribution < 1.29 is 8.83 Å². The Bertz CT molecular complexity index is 1510. The predicted octanol–water partition coefficient (Wildman–Crippen LogP) is 10.4. The summed E-state index contributed by atoms with van der Waals surface area (Å²) in [6.07, 6.45) is 4.15. The molecule has 234 valence electrons. The van der Waals surface area contributed by atoms with Gasteiger partial charge in [0.2, 0.25) is 5.89 Å². The van der Waals surface area contributed by atoms with Crippen molar-refractivity contribution in [2.75, 3.05) is 11.0 Å². The van der Waals surface area contributed by atoms with Crippen LogP contribution in [0.15, 0.2) is 33.1 Å². The topological polar surface area (TPSA) is 67.3 Å². The minimum atomic E-state index is -0.135. The summed E-state index contributed by atoms with van der Waals surface area (Å²) in [5.74, 6) is 0.693. The largest absolute Gasteiger partial charge is 0.438 e. The average molecular weight is 605 g/mol. The summed E-state index contributed by atoms with van der Waals surface area (Å²) in [6, 6.07) is 9.77. The first-order valence-corrected chi connectivity index (χ1v) is 17.0. The molecule has 0 radical (unpaired) electrons. The van der Waals surface area contributed by atoms with Crippen LogP contribution in [0.5, 0.6) is 0 Å². The Balaban J connectivity index is 1.52. The third-order valence-corrected chi connectivity index (χ3v) is 11.8. The van der Waals surface area contributed by atoms with Gasteiger partial charge in [-0.2, -0.15) is 4.98 Å². The van der Waals surface area contributed by atoms with Gasteiger partial charge in [-0.05, 0) is 82.6 Å². The van der Waals surface area contributed by atoms with E-state index in [0.717, 1.165) is 47.9 Å². The average Bonchev–Trinajstić information content (AvgIpc) is 3.73. The molecule has 6 nitrogen and oxygen atoms in total. The van der Waals surface area contributed by atoms with Gasteiger partial charge in [-0.25, -0.2) is 4.98 Å². The van der Waals surface area contributed by atoms with Crippen LogP contribution in [0.3, 0.4) is 0 Å². The number of aromatic nitrogens is 2. The van der Waals surface area contributed by atoms with E-state index in [1.54, 1.807) is 11.9 Å². The molecule has 7 heteroatoms. The lowest BCUT2D eigenvalue weighted by Gasteiger charge is -2.28. The fourth-order valence-corrected chi connectivity index (χ4v) is 6.39. The number of nitrogens with one attached hydrogen (secondary N) is 1. The number of oxazole rings is 2. The second-order valence-electron chi connectivity index (χ2n) is 15.0. The summed E-state index contributed by atoms with van der Waals surface area (Å²) >= 11 is 1.62.